The number of esters is 4. The maximum Gasteiger partial charge on any atom is 0.309 e. The molecule has 356 valence electrons. The summed E-state index contributed by atoms with van der Waals surface area (Å²) >= 11 is 0. The minimum absolute atomic E-state index is 0.0171. The molecular weight excluding hydrogens is 789 g/mol. The number of fused-ring (bicyclic) bond motifs is 4. The Morgan fingerprint density at radius 2 is 0.778 bits per heavy atom. The molecule has 8 heteroatoms. The number of rotatable bonds is 12. The monoisotopic (exact) mass is 877 g/mol. The fourth-order valence-electron chi connectivity index (χ4n) is 14.5. The van der Waals surface area contributed by atoms with Crippen molar-refractivity contribution >= 4 is 23.9 Å². The van der Waals surface area contributed by atoms with Gasteiger partial charge in [0.2, 0.25) is 0 Å². The van der Waals surface area contributed by atoms with Gasteiger partial charge in [0.1, 0.15) is 12.2 Å². The van der Waals surface area contributed by atoms with Crippen LogP contribution in [0.5, 0.6) is 0 Å². The van der Waals surface area contributed by atoms with Crippen molar-refractivity contribution in [1.29, 1.82) is 0 Å². The molecule has 0 aromatic carbocycles. The minimum atomic E-state index is -0.0541. The van der Waals surface area contributed by atoms with Gasteiger partial charge >= 0.3 is 23.9 Å². The van der Waals surface area contributed by atoms with Crippen molar-refractivity contribution in [1.82, 2.24) is 0 Å². The Morgan fingerprint density at radius 1 is 0.460 bits per heavy atom. The summed E-state index contributed by atoms with van der Waals surface area (Å²) < 4.78 is 23.6. The van der Waals surface area contributed by atoms with Crippen molar-refractivity contribution in [2.75, 3.05) is 13.2 Å². The smallest absolute Gasteiger partial charge is 0.309 e. The van der Waals surface area contributed by atoms with Gasteiger partial charge in [0.15, 0.2) is 0 Å². The van der Waals surface area contributed by atoms with E-state index in [9.17, 15) is 19.2 Å². The Kier molecular flexibility index (Phi) is 15.3. The first-order valence-electron chi connectivity index (χ1n) is 26.2. The lowest BCUT2D eigenvalue weighted by Gasteiger charge is -2.33. The molecule has 8 nitrogen and oxygen atoms in total. The summed E-state index contributed by atoms with van der Waals surface area (Å²) in [6, 6.07) is 0. The lowest BCUT2D eigenvalue weighted by molar-refractivity contribution is -0.164. The number of carbonyl (C=O) groups is 4. The van der Waals surface area contributed by atoms with Crippen LogP contribution in [0.25, 0.3) is 0 Å². The zero-order valence-electron chi connectivity index (χ0n) is 41.1. The third kappa shape index (κ3) is 10.5. The molecule has 0 N–H and O–H groups in total. The summed E-state index contributed by atoms with van der Waals surface area (Å²) in [4.78, 5) is 50.9. The lowest BCUT2D eigenvalue weighted by Crippen LogP contribution is -2.34. The second-order valence-electron chi connectivity index (χ2n) is 24.4. The van der Waals surface area contributed by atoms with Crippen molar-refractivity contribution in [3.8, 4) is 0 Å². The van der Waals surface area contributed by atoms with Gasteiger partial charge in [-0.1, -0.05) is 79.9 Å². The largest absolute Gasteiger partial charge is 0.465 e. The zero-order valence-corrected chi connectivity index (χ0v) is 41.1. The molecule has 8 saturated carbocycles. The first kappa shape index (κ1) is 48.6. The number of carbonyl (C=O) groups excluding carboxylic acids is 4. The molecule has 0 aromatic heterocycles. The van der Waals surface area contributed by atoms with Crippen LogP contribution in [0.3, 0.4) is 0 Å². The van der Waals surface area contributed by atoms with E-state index >= 15 is 0 Å². The van der Waals surface area contributed by atoms with Crippen LogP contribution in [0, 0.1) is 80.8 Å². The van der Waals surface area contributed by atoms with Crippen molar-refractivity contribution in [2.24, 2.45) is 80.8 Å². The number of ether oxygens (including phenoxy) is 4. The van der Waals surface area contributed by atoms with Gasteiger partial charge in [-0.3, -0.25) is 19.2 Å². The fraction of sp³-hybridized carbons (Fsp3) is 0.891. The van der Waals surface area contributed by atoms with Crippen LogP contribution in [0.1, 0.15) is 203 Å². The maximum absolute atomic E-state index is 13.0. The Bertz CT molecular complexity index is 1540. The molecule has 0 heterocycles. The molecule has 63 heavy (non-hydrogen) atoms. The van der Waals surface area contributed by atoms with E-state index in [-0.39, 0.29) is 70.6 Å². The maximum atomic E-state index is 13.0. The quantitative estimate of drug-likeness (QED) is 0.108. The van der Waals surface area contributed by atoms with E-state index in [1.165, 1.54) is 76.2 Å². The van der Waals surface area contributed by atoms with E-state index in [4.69, 9.17) is 18.9 Å². The molecule has 0 amide bonds. The SMILES string of the molecule is C=C(C)C1CCC(COC(=O)C2CCC(C(=O)OCC3CCC(CC)CC3)CC2)CC1.CC1(C)[C@@H]2CC[C@@]1(C)C[C@H]2OC(=O)C1CCC(C(=O)O[C@@H]2C[C@]3(C)CC[C@H]2C3(C)C)CC1. The minimum Gasteiger partial charge on any atom is -0.465 e. The van der Waals surface area contributed by atoms with E-state index in [0.717, 1.165) is 83.0 Å². The molecule has 0 aromatic rings. The van der Waals surface area contributed by atoms with Gasteiger partial charge < -0.3 is 18.9 Å². The average Bonchev–Trinajstić information content (AvgIpc) is 3.80. The van der Waals surface area contributed by atoms with Gasteiger partial charge in [0, 0.05) is 11.8 Å². The Labute approximate surface area is 382 Å². The highest BCUT2D eigenvalue weighted by molar-refractivity contribution is 5.76. The summed E-state index contributed by atoms with van der Waals surface area (Å²) in [6.45, 7) is 23.8. The van der Waals surface area contributed by atoms with Gasteiger partial charge in [-0.05, 0) is 181 Å². The van der Waals surface area contributed by atoms with Gasteiger partial charge in [-0.25, -0.2) is 0 Å². The van der Waals surface area contributed by atoms with Crippen LogP contribution in [0.4, 0.5) is 0 Å². The third-order valence-electron chi connectivity index (χ3n) is 20.5. The van der Waals surface area contributed by atoms with E-state index in [1.807, 2.05) is 0 Å². The first-order chi connectivity index (χ1) is 29.8. The zero-order chi connectivity index (χ0) is 45.3. The van der Waals surface area contributed by atoms with Gasteiger partial charge in [-0.15, -0.1) is 0 Å². The Hall–Kier alpha value is -2.38. The highest BCUT2D eigenvalue weighted by Gasteiger charge is 2.63. The van der Waals surface area contributed by atoms with Crippen LogP contribution in [0.2, 0.25) is 0 Å². The molecule has 0 saturated heterocycles. The Morgan fingerprint density at radius 3 is 1.08 bits per heavy atom. The van der Waals surface area contributed by atoms with Crippen molar-refractivity contribution < 1.29 is 38.1 Å². The highest BCUT2D eigenvalue weighted by atomic mass is 16.6. The fourth-order valence-corrected chi connectivity index (χ4v) is 14.5. The number of hydrogen-bond donors (Lipinski definition) is 0. The summed E-state index contributed by atoms with van der Waals surface area (Å²) in [6.07, 6.45) is 23.9. The van der Waals surface area contributed by atoms with E-state index < -0.39 is 0 Å². The van der Waals surface area contributed by atoms with Gasteiger partial charge in [0.05, 0.1) is 36.9 Å². The molecule has 8 aliphatic carbocycles. The summed E-state index contributed by atoms with van der Waals surface area (Å²) in [7, 11) is 0. The predicted molar refractivity (Wildman–Crippen MR) is 247 cm³/mol. The van der Waals surface area contributed by atoms with E-state index in [1.54, 1.807) is 0 Å². The second kappa shape index (κ2) is 19.8. The van der Waals surface area contributed by atoms with E-state index in [2.05, 4.69) is 62.0 Å². The van der Waals surface area contributed by atoms with Crippen molar-refractivity contribution in [3.63, 3.8) is 0 Å². The van der Waals surface area contributed by atoms with Crippen LogP contribution in [0.15, 0.2) is 12.2 Å². The summed E-state index contributed by atoms with van der Waals surface area (Å²) in [5.74, 6) is 3.25. The molecule has 6 atom stereocenters. The highest BCUT2D eigenvalue weighted by Crippen LogP contribution is 2.67. The summed E-state index contributed by atoms with van der Waals surface area (Å²) in [5, 5.41) is 0. The third-order valence-corrected chi connectivity index (χ3v) is 20.5. The molecular formula is C55H88O8. The second-order valence-corrected chi connectivity index (χ2v) is 24.4. The summed E-state index contributed by atoms with van der Waals surface area (Å²) in [5.41, 5.74) is 2.40. The molecule has 0 aliphatic heterocycles. The van der Waals surface area contributed by atoms with Gasteiger partial charge in [-0.2, -0.15) is 0 Å². The molecule has 8 fully saturated rings. The normalized spacial score (nSPS) is 41.1. The number of allylic oxidation sites excluding steroid dienone is 1. The predicted octanol–water partition coefficient (Wildman–Crippen LogP) is 12.8. The molecule has 0 unspecified atom stereocenters. The molecule has 0 spiro atoms. The average molecular weight is 877 g/mol. The van der Waals surface area contributed by atoms with Gasteiger partial charge in [0.25, 0.3) is 0 Å². The first-order valence-corrected chi connectivity index (χ1v) is 26.2. The standard InChI is InChI=1S/C28H44O4.C27H44O4/c1-25(2)19-11-13-27(25,5)15-21(19)31-23(29)17-7-9-18(10-8-17)24(30)32-22-16-28(6)14-12-20(22)26(28,3)4;1-4-20-5-7-21(8-6-20)17-30-26(28)24-13-15-25(16-14-24)27(29)31-18-22-9-11-23(12-10-22)19(2)3/h17-22H,7-16H2,1-6H3;20-25H,2,4-18H2,1,3H3/t17?,18?,19-,20-,21-,22-,27+,28+;/m1./s1. The Balaban J connectivity index is 0.000000189. The number of hydrogen-bond acceptors (Lipinski definition) is 8. The molecule has 8 aliphatic rings. The van der Waals surface area contributed by atoms with Crippen LogP contribution in [-0.2, 0) is 38.1 Å². The van der Waals surface area contributed by atoms with Crippen LogP contribution >= 0.6 is 0 Å². The lowest BCUT2D eigenvalue weighted by atomic mass is 9.71. The van der Waals surface area contributed by atoms with Crippen molar-refractivity contribution in [3.05, 3.63) is 12.2 Å². The van der Waals surface area contributed by atoms with Crippen LogP contribution in [-0.4, -0.2) is 49.3 Å². The van der Waals surface area contributed by atoms with Crippen molar-refractivity contribution in [2.45, 2.75) is 215 Å². The molecule has 4 bridgehead atoms. The topological polar surface area (TPSA) is 105 Å². The molecule has 0 radical (unpaired) electrons. The van der Waals surface area contributed by atoms with E-state index in [0.29, 0.717) is 53.6 Å². The molecule has 8 rings (SSSR count). The van der Waals surface area contributed by atoms with Crippen LogP contribution < -0.4 is 0 Å².